The highest BCUT2D eigenvalue weighted by Crippen LogP contribution is 2.09. The fraction of sp³-hybridized carbons (Fsp3) is 0.167. The maximum Gasteiger partial charge on any atom is 0.212 e. The van der Waals surface area contributed by atoms with Crippen molar-refractivity contribution in [1.29, 1.82) is 0 Å². The van der Waals surface area contributed by atoms with E-state index in [0.29, 0.717) is 6.54 Å². The Labute approximate surface area is 93.4 Å². The number of halogens is 1. The zero-order valence-electron chi connectivity index (χ0n) is 8.94. The zero-order chi connectivity index (χ0) is 11.4. The third-order valence-corrected chi connectivity index (χ3v) is 2.31. The Bertz CT molecular complexity index is 468. The maximum absolute atomic E-state index is 12.6. The number of pyridine rings is 2. The fourth-order valence-electron chi connectivity index (χ4n) is 1.37. The molecule has 82 valence electrons. The van der Waals surface area contributed by atoms with Gasteiger partial charge in [0.2, 0.25) is 5.95 Å². The predicted molar refractivity (Wildman–Crippen MR) is 60.5 cm³/mol. The van der Waals surface area contributed by atoms with Crippen molar-refractivity contribution in [3.63, 3.8) is 0 Å². The Morgan fingerprint density at radius 1 is 1.25 bits per heavy atom. The summed E-state index contributed by atoms with van der Waals surface area (Å²) in [6.07, 6.45) is 3.22. The lowest BCUT2D eigenvalue weighted by molar-refractivity contribution is 0.584. The van der Waals surface area contributed by atoms with E-state index in [1.807, 2.05) is 19.1 Å². The molecule has 0 aliphatic carbocycles. The van der Waals surface area contributed by atoms with Crippen LogP contribution in [0.2, 0.25) is 0 Å². The second-order valence-electron chi connectivity index (χ2n) is 3.49. The standard InChI is InChI=1S/C12H12FN3/c1-9-3-2-6-14-11(9)8-15-10-4-5-12(13)16-7-10/h2-7,15H,8H2,1H3. The number of nitrogens with one attached hydrogen (secondary N) is 1. The lowest BCUT2D eigenvalue weighted by atomic mass is 10.2. The van der Waals surface area contributed by atoms with Crippen molar-refractivity contribution >= 4 is 5.69 Å². The first-order valence-electron chi connectivity index (χ1n) is 5.01. The second kappa shape index (κ2) is 4.70. The molecule has 2 heterocycles. The largest absolute Gasteiger partial charge is 0.378 e. The van der Waals surface area contributed by atoms with Crippen LogP contribution >= 0.6 is 0 Å². The second-order valence-corrected chi connectivity index (χ2v) is 3.49. The smallest absolute Gasteiger partial charge is 0.212 e. The highest BCUT2D eigenvalue weighted by molar-refractivity contribution is 5.40. The summed E-state index contributed by atoms with van der Waals surface area (Å²) in [5.41, 5.74) is 2.89. The molecule has 0 spiro atoms. The van der Waals surface area contributed by atoms with Gasteiger partial charge >= 0.3 is 0 Å². The molecule has 2 rings (SSSR count). The number of hydrogen-bond acceptors (Lipinski definition) is 3. The van der Waals surface area contributed by atoms with E-state index >= 15 is 0 Å². The maximum atomic E-state index is 12.6. The van der Waals surface area contributed by atoms with E-state index in [1.54, 1.807) is 12.3 Å². The molecule has 0 aliphatic heterocycles. The first-order valence-corrected chi connectivity index (χ1v) is 5.01. The SMILES string of the molecule is Cc1cccnc1CNc1ccc(F)nc1. The van der Waals surface area contributed by atoms with Gasteiger partial charge in [-0.05, 0) is 30.7 Å². The molecule has 0 aromatic carbocycles. The van der Waals surface area contributed by atoms with Crippen LogP contribution in [0.4, 0.5) is 10.1 Å². The molecule has 0 bridgehead atoms. The van der Waals surface area contributed by atoms with Gasteiger partial charge in [0.1, 0.15) is 0 Å². The Morgan fingerprint density at radius 2 is 2.12 bits per heavy atom. The lowest BCUT2D eigenvalue weighted by Gasteiger charge is -2.07. The van der Waals surface area contributed by atoms with Crippen LogP contribution < -0.4 is 5.32 Å². The van der Waals surface area contributed by atoms with E-state index in [-0.39, 0.29) is 0 Å². The molecule has 0 unspecified atom stereocenters. The molecule has 2 aromatic heterocycles. The van der Waals surface area contributed by atoms with Gasteiger partial charge in [0, 0.05) is 6.20 Å². The molecule has 2 aromatic rings. The van der Waals surface area contributed by atoms with Crippen LogP contribution in [0.5, 0.6) is 0 Å². The van der Waals surface area contributed by atoms with Crippen molar-refractivity contribution in [2.45, 2.75) is 13.5 Å². The molecule has 1 N–H and O–H groups in total. The van der Waals surface area contributed by atoms with Crippen molar-refractivity contribution in [3.8, 4) is 0 Å². The van der Waals surface area contributed by atoms with Crippen molar-refractivity contribution in [1.82, 2.24) is 9.97 Å². The first-order chi connectivity index (χ1) is 7.75. The monoisotopic (exact) mass is 217 g/mol. The fourth-order valence-corrected chi connectivity index (χ4v) is 1.37. The first kappa shape index (κ1) is 10.5. The highest BCUT2D eigenvalue weighted by atomic mass is 19.1. The summed E-state index contributed by atoms with van der Waals surface area (Å²) in [7, 11) is 0. The van der Waals surface area contributed by atoms with Crippen LogP contribution in [0.15, 0.2) is 36.7 Å². The highest BCUT2D eigenvalue weighted by Gasteiger charge is 1.99. The molecule has 0 fully saturated rings. The van der Waals surface area contributed by atoms with E-state index in [1.165, 1.54) is 12.3 Å². The van der Waals surface area contributed by atoms with Gasteiger partial charge in [-0.3, -0.25) is 4.98 Å². The van der Waals surface area contributed by atoms with Gasteiger partial charge in [0.15, 0.2) is 0 Å². The van der Waals surface area contributed by atoms with Crippen molar-refractivity contribution < 1.29 is 4.39 Å². The molecule has 16 heavy (non-hydrogen) atoms. The molecule has 0 aliphatic rings. The van der Waals surface area contributed by atoms with Gasteiger partial charge < -0.3 is 5.32 Å². The van der Waals surface area contributed by atoms with Crippen molar-refractivity contribution in [2.24, 2.45) is 0 Å². The Balaban J connectivity index is 2.02. The minimum absolute atomic E-state index is 0.473. The number of aryl methyl sites for hydroxylation is 1. The number of hydrogen-bond donors (Lipinski definition) is 1. The third kappa shape index (κ3) is 2.53. The Kier molecular flexibility index (Phi) is 3.10. The summed E-state index contributed by atoms with van der Waals surface area (Å²) < 4.78 is 12.6. The van der Waals surface area contributed by atoms with E-state index in [2.05, 4.69) is 15.3 Å². The number of nitrogens with zero attached hydrogens (tertiary/aromatic N) is 2. The van der Waals surface area contributed by atoms with Crippen molar-refractivity contribution in [2.75, 3.05) is 5.32 Å². The summed E-state index contributed by atoms with van der Waals surface area (Å²) >= 11 is 0. The van der Waals surface area contributed by atoms with Crippen LogP contribution in [0.25, 0.3) is 0 Å². The average molecular weight is 217 g/mol. The summed E-state index contributed by atoms with van der Waals surface area (Å²) in [6.45, 7) is 2.62. The van der Waals surface area contributed by atoms with Crippen molar-refractivity contribution in [3.05, 3.63) is 53.9 Å². The summed E-state index contributed by atoms with van der Waals surface area (Å²) in [5.74, 6) is -0.473. The molecule has 4 heteroatoms. The summed E-state index contributed by atoms with van der Waals surface area (Å²) in [6, 6.07) is 6.89. The molecule has 0 atom stereocenters. The minimum atomic E-state index is -0.473. The van der Waals surface area contributed by atoms with E-state index < -0.39 is 5.95 Å². The van der Waals surface area contributed by atoms with Crippen LogP contribution in [-0.2, 0) is 6.54 Å². The summed E-state index contributed by atoms with van der Waals surface area (Å²) in [4.78, 5) is 7.82. The van der Waals surface area contributed by atoms with Gasteiger partial charge in [-0.1, -0.05) is 6.07 Å². The number of aromatic nitrogens is 2. The molecule has 0 radical (unpaired) electrons. The van der Waals surface area contributed by atoms with Gasteiger partial charge in [0.05, 0.1) is 24.1 Å². The Hall–Kier alpha value is -1.97. The molecule has 3 nitrogen and oxygen atoms in total. The third-order valence-electron chi connectivity index (χ3n) is 2.31. The molecule has 0 saturated carbocycles. The van der Waals surface area contributed by atoms with Crippen LogP contribution in [-0.4, -0.2) is 9.97 Å². The molecule has 0 saturated heterocycles. The van der Waals surface area contributed by atoms with Crippen LogP contribution in [0.3, 0.4) is 0 Å². The van der Waals surface area contributed by atoms with Crippen LogP contribution in [0.1, 0.15) is 11.3 Å². The van der Waals surface area contributed by atoms with E-state index in [9.17, 15) is 4.39 Å². The van der Waals surface area contributed by atoms with E-state index in [0.717, 1.165) is 16.9 Å². The van der Waals surface area contributed by atoms with Gasteiger partial charge in [-0.25, -0.2) is 4.98 Å². The van der Waals surface area contributed by atoms with E-state index in [4.69, 9.17) is 0 Å². The number of anilines is 1. The quantitative estimate of drug-likeness (QED) is 0.803. The van der Waals surface area contributed by atoms with Gasteiger partial charge in [-0.2, -0.15) is 4.39 Å². The van der Waals surface area contributed by atoms with Crippen LogP contribution in [0, 0.1) is 12.9 Å². The average Bonchev–Trinajstić information content (AvgIpc) is 2.30. The summed E-state index contributed by atoms with van der Waals surface area (Å²) in [5, 5.41) is 3.14. The lowest BCUT2D eigenvalue weighted by Crippen LogP contribution is -2.03. The molecule has 0 amide bonds. The minimum Gasteiger partial charge on any atom is -0.378 e. The van der Waals surface area contributed by atoms with Gasteiger partial charge in [0.25, 0.3) is 0 Å². The molecular formula is C12H12FN3. The zero-order valence-corrected chi connectivity index (χ0v) is 8.94. The Morgan fingerprint density at radius 3 is 2.81 bits per heavy atom. The normalized spacial score (nSPS) is 10.1. The topological polar surface area (TPSA) is 37.8 Å². The number of rotatable bonds is 3. The van der Waals surface area contributed by atoms with Gasteiger partial charge in [-0.15, -0.1) is 0 Å². The predicted octanol–water partition coefficient (Wildman–Crippen LogP) is 2.54. The molecular weight excluding hydrogens is 205 g/mol.